The Morgan fingerprint density at radius 2 is 1.97 bits per heavy atom. The number of carbonyl (C=O) groups is 1. The van der Waals surface area contributed by atoms with Crippen LogP contribution in [0.5, 0.6) is 0 Å². The van der Waals surface area contributed by atoms with Crippen molar-refractivity contribution in [2.45, 2.75) is 6.42 Å². The maximum Gasteiger partial charge on any atom is 0.277 e. The predicted octanol–water partition coefficient (Wildman–Crippen LogP) is 4.29. The Bertz CT molecular complexity index is 1270. The van der Waals surface area contributed by atoms with Crippen LogP contribution in [0.1, 0.15) is 21.9 Å². The summed E-state index contributed by atoms with van der Waals surface area (Å²) in [6, 6.07) is 18.9. The van der Waals surface area contributed by atoms with Gasteiger partial charge in [0.05, 0.1) is 4.88 Å². The van der Waals surface area contributed by atoms with E-state index in [2.05, 4.69) is 20.7 Å². The molecule has 0 spiro atoms. The molecule has 0 bridgehead atoms. The highest BCUT2D eigenvalue weighted by molar-refractivity contribution is 7.13. The number of benzene rings is 1. The average molecular weight is 401 g/mol. The molecule has 0 aliphatic rings. The maximum absolute atomic E-state index is 12.4. The van der Waals surface area contributed by atoms with Crippen LogP contribution >= 0.6 is 11.3 Å². The smallest absolute Gasteiger partial charge is 0.277 e. The Morgan fingerprint density at radius 3 is 2.79 bits per heavy atom. The van der Waals surface area contributed by atoms with Crippen molar-refractivity contribution in [3.05, 3.63) is 89.3 Å². The summed E-state index contributed by atoms with van der Waals surface area (Å²) in [5.41, 5.74) is 2.82. The number of pyridine rings is 1. The molecule has 4 aromatic heterocycles. The van der Waals surface area contributed by atoms with E-state index < -0.39 is 0 Å². The lowest BCUT2D eigenvalue weighted by atomic mass is 10.1. The number of hydrogen-bond acceptors (Lipinski definition) is 6. The summed E-state index contributed by atoms with van der Waals surface area (Å²) >= 11 is 1.53. The van der Waals surface area contributed by atoms with E-state index in [0.717, 1.165) is 21.9 Å². The van der Waals surface area contributed by atoms with Crippen LogP contribution in [0.25, 0.3) is 16.3 Å². The molecule has 0 atom stereocenters. The topological polar surface area (TPSA) is 85.3 Å². The number of carbonyl (C=O) groups excluding carboxylic acids is 1. The van der Waals surface area contributed by atoms with Crippen molar-refractivity contribution < 1.29 is 9.32 Å². The van der Waals surface area contributed by atoms with E-state index in [1.54, 1.807) is 6.07 Å². The number of fused-ring (bicyclic) bond motifs is 1. The van der Waals surface area contributed by atoms with Gasteiger partial charge in [0.25, 0.3) is 5.91 Å². The van der Waals surface area contributed by atoms with Gasteiger partial charge in [-0.05, 0) is 41.3 Å². The van der Waals surface area contributed by atoms with Crippen LogP contribution in [-0.4, -0.2) is 25.7 Å². The molecular weight excluding hydrogens is 386 g/mol. The van der Waals surface area contributed by atoms with E-state index in [-0.39, 0.29) is 11.6 Å². The third kappa shape index (κ3) is 3.53. The Hall–Kier alpha value is -3.78. The van der Waals surface area contributed by atoms with Gasteiger partial charge in [-0.2, -0.15) is 0 Å². The Morgan fingerprint density at radius 1 is 1.07 bits per heavy atom. The average Bonchev–Trinajstić information content (AvgIpc) is 3.50. The van der Waals surface area contributed by atoms with Crippen molar-refractivity contribution >= 4 is 28.6 Å². The molecule has 0 fully saturated rings. The van der Waals surface area contributed by atoms with E-state index in [1.807, 2.05) is 70.6 Å². The largest absolute Gasteiger partial charge is 0.355 e. The fourth-order valence-electron chi connectivity index (χ4n) is 3.01. The lowest BCUT2D eigenvalue weighted by molar-refractivity contribution is 0.101. The molecule has 4 heterocycles. The number of nitrogens with zero attached hydrogens (tertiary/aromatic N) is 4. The van der Waals surface area contributed by atoms with Crippen LogP contribution in [0.15, 0.2) is 76.8 Å². The number of anilines is 1. The zero-order valence-electron chi connectivity index (χ0n) is 15.1. The Labute approximate surface area is 169 Å². The van der Waals surface area contributed by atoms with Gasteiger partial charge < -0.3 is 9.84 Å². The van der Waals surface area contributed by atoms with Crippen LogP contribution in [0.4, 0.5) is 5.69 Å². The number of nitrogens with one attached hydrogen (secondary N) is 1. The monoisotopic (exact) mass is 401 g/mol. The fourth-order valence-corrected chi connectivity index (χ4v) is 3.69. The molecule has 7 nitrogen and oxygen atoms in total. The van der Waals surface area contributed by atoms with Gasteiger partial charge in [0, 0.05) is 24.4 Å². The third-order valence-electron chi connectivity index (χ3n) is 4.47. The molecule has 0 aliphatic heterocycles. The summed E-state index contributed by atoms with van der Waals surface area (Å²) < 4.78 is 7.23. The van der Waals surface area contributed by atoms with Gasteiger partial charge in [-0.1, -0.05) is 29.4 Å². The molecule has 0 saturated carbocycles. The second kappa shape index (κ2) is 7.33. The first-order valence-electron chi connectivity index (χ1n) is 8.96. The minimum absolute atomic E-state index is 0.243. The van der Waals surface area contributed by atoms with Crippen molar-refractivity contribution in [1.29, 1.82) is 0 Å². The second-order valence-corrected chi connectivity index (χ2v) is 7.37. The lowest BCUT2D eigenvalue weighted by Crippen LogP contribution is -2.12. The van der Waals surface area contributed by atoms with Crippen LogP contribution in [-0.2, 0) is 6.42 Å². The lowest BCUT2D eigenvalue weighted by Gasteiger charge is -2.05. The Balaban J connectivity index is 1.27. The molecule has 1 amide bonds. The van der Waals surface area contributed by atoms with Crippen LogP contribution in [0, 0.1) is 0 Å². The van der Waals surface area contributed by atoms with Crippen molar-refractivity contribution in [3.8, 4) is 10.6 Å². The van der Waals surface area contributed by atoms with E-state index >= 15 is 0 Å². The molecule has 8 heteroatoms. The van der Waals surface area contributed by atoms with Gasteiger partial charge >= 0.3 is 0 Å². The van der Waals surface area contributed by atoms with E-state index in [0.29, 0.717) is 17.9 Å². The van der Waals surface area contributed by atoms with Crippen LogP contribution in [0.3, 0.4) is 0 Å². The molecule has 0 unspecified atom stereocenters. The molecule has 29 heavy (non-hydrogen) atoms. The summed E-state index contributed by atoms with van der Waals surface area (Å²) in [6.07, 6.45) is 2.59. The fraction of sp³-hybridized carbons (Fsp3) is 0.0476. The predicted molar refractivity (Wildman–Crippen MR) is 110 cm³/mol. The van der Waals surface area contributed by atoms with Gasteiger partial charge in [0.15, 0.2) is 17.1 Å². The number of aromatic nitrogens is 4. The minimum atomic E-state index is -0.312. The molecule has 0 aliphatic carbocycles. The van der Waals surface area contributed by atoms with E-state index in [1.165, 1.54) is 11.3 Å². The zero-order valence-corrected chi connectivity index (χ0v) is 16.0. The molecular formula is C21H15N5O2S. The highest BCUT2D eigenvalue weighted by atomic mass is 32.1. The summed E-state index contributed by atoms with van der Waals surface area (Å²) in [5, 5.41) is 17.1. The van der Waals surface area contributed by atoms with Gasteiger partial charge in [-0.3, -0.25) is 9.20 Å². The standard InChI is InChI=1S/C21H15N5O2S/c27-21(16-13-17(28-25-16)18-4-3-11-29-18)22-15-8-6-14(7-9-15)12-20-24-23-19-5-1-2-10-26(19)20/h1-11,13H,12H2,(H,22,27). The van der Waals surface area contributed by atoms with E-state index in [4.69, 9.17) is 4.52 Å². The first-order chi connectivity index (χ1) is 14.3. The summed E-state index contributed by atoms with van der Waals surface area (Å²) in [4.78, 5) is 13.4. The number of amides is 1. The summed E-state index contributed by atoms with van der Waals surface area (Å²) in [5.74, 6) is 1.13. The Kier molecular flexibility index (Phi) is 4.38. The molecule has 1 aromatic carbocycles. The third-order valence-corrected chi connectivity index (χ3v) is 5.35. The van der Waals surface area contributed by atoms with Gasteiger partial charge in [-0.25, -0.2) is 0 Å². The number of thiophene rings is 1. The molecule has 5 rings (SSSR count). The first-order valence-corrected chi connectivity index (χ1v) is 9.84. The van der Waals surface area contributed by atoms with Crippen molar-refractivity contribution in [2.75, 3.05) is 5.32 Å². The highest BCUT2D eigenvalue weighted by Crippen LogP contribution is 2.25. The quantitative estimate of drug-likeness (QED) is 0.475. The van der Waals surface area contributed by atoms with Crippen molar-refractivity contribution in [1.82, 2.24) is 19.8 Å². The summed E-state index contributed by atoms with van der Waals surface area (Å²) in [7, 11) is 0. The number of rotatable bonds is 5. The first kappa shape index (κ1) is 17.3. The summed E-state index contributed by atoms with van der Waals surface area (Å²) in [6.45, 7) is 0. The van der Waals surface area contributed by atoms with Gasteiger partial charge in [0.1, 0.15) is 5.82 Å². The van der Waals surface area contributed by atoms with Crippen molar-refractivity contribution in [2.24, 2.45) is 0 Å². The van der Waals surface area contributed by atoms with Gasteiger partial charge in [-0.15, -0.1) is 21.5 Å². The second-order valence-electron chi connectivity index (χ2n) is 6.43. The maximum atomic E-state index is 12.4. The van der Waals surface area contributed by atoms with Crippen LogP contribution < -0.4 is 5.32 Å². The molecule has 142 valence electrons. The molecule has 0 radical (unpaired) electrons. The normalized spacial score (nSPS) is 11.0. The van der Waals surface area contributed by atoms with Crippen LogP contribution in [0.2, 0.25) is 0 Å². The minimum Gasteiger partial charge on any atom is -0.355 e. The number of hydrogen-bond donors (Lipinski definition) is 1. The molecule has 0 saturated heterocycles. The highest BCUT2D eigenvalue weighted by Gasteiger charge is 2.14. The zero-order chi connectivity index (χ0) is 19.6. The molecule has 5 aromatic rings. The van der Waals surface area contributed by atoms with Crippen molar-refractivity contribution in [3.63, 3.8) is 0 Å². The SMILES string of the molecule is O=C(Nc1ccc(Cc2nnc3ccccn23)cc1)c1cc(-c2cccs2)on1. The molecule has 1 N–H and O–H groups in total. The van der Waals surface area contributed by atoms with E-state index in [9.17, 15) is 4.79 Å². The van der Waals surface area contributed by atoms with Gasteiger partial charge in [0.2, 0.25) is 0 Å².